The van der Waals surface area contributed by atoms with E-state index in [4.69, 9.17) is 22.1 Å². The first-order chi connectivity index (χ1) is 9.63. The Morgan fingerprint density at radius 2 is 2.05 bits per heavy atom. The van der Waals surface area contributed by atoms with E-state index >= 15 is 0 Å². The smallest absolute Gasteiger partial charge is 0.224 e. The van der Waals surface area contributed by atoms with Crippen LogP contribution in [0.5, 0.6) is 0 Å². The maximum Gasteiger partial charge on any atom is 0.224 e. The lowest BCUT2D eigenvalue weighted by molar-refractivity contribution is -0.116. The molecule has 1 aromatic rings. The van der Waals surface area contributed by atoms with Crippen LogP contribution < -0.4 is 11.1 Å². The van der Waals surface area contributed by atoms with Crippen molar-refractivity contribution in [3.8, 4) is 0 Å². The highest BCUT2D eigenvalue weighted by Gasteiger charge is 2.05. The van der Waals surface area contributed by atoms with Crippen molar-refractivity contribution in [2.45, 2.75) is 39.0 Å². The van der Waals surface area contributed by atoms with Gasteiger partial charge < -0.3 is 15.8 Å². The molecule has 0 bridgehead atoms. The minimum atomic E-state index is -0.0613. The lowest BCUT2D eigenvalue weighted by Crippen LogP contribution is -2.12. The normalized spacial score (nSPS) is 10.5. The summed E-state index contributed by atoms with van der Waals surface area (Å²) in [5.41, 5.74) is 6.76. The molecule has 0 aliphatic carbocycles. The first kappa shape index (κ1) is 16.8. The van der Waals surface area contributed by atoms with Crippen molar-refractivity contribution in [1.29, 1.82) is 0 Å². The third-order valence-electron chi connectivity index (χ3n) is 2.85. The Morgan fingerprint density at radius 1 is 1.30 bits per heavy atom. The van der Waals surface area contributed by atoms with Gasteiger partial charge in [-0.2, -0.15) is 0 Å². The predicted octanol–water partition coefficient (Wildman–Crippen LogP) is 3.85. The van der Waals surface area contributed by atoms with E-state index < -0.39 is 0 Å². The maximum absolute atomic E-state index is 11.7. The quantitative estimate of drug-likeness (QED) is 0.537. The van der Waals surface area contributed by atoms with Crippen LogP contribution in [0.3, 0.4) is 0 Å². The zero-order valence-electron chi connectivity index (χ0n) is 12.0. The van der Waals surface area contributed by atoms with Crippen LogP contribution in [0, 0.1) is 0 Å². The molecule has 0 saturated heterocycles. The Balaban J connectivity index is 2.17. The molecule has 0 radical (unpaired) electrons. The van der Waals surface area contributed by atoms with Gasteiger partial charge in [0.1, 0.15) is 0 Å². The molecule has 0 atom stereocenters. The monoisotopic (exact) mass is 298 g/mol. The van der Waals surface area contributed by atoms with E-state index in [0.717, 1.165) is 13.0 Å². The first-order valence-corrected chi connectivity index (χ1v) is 7.44. The highest BCUT2D eigenvalue weighted by molar-refractivity contribution is 6.34. The summed E-state index contributed by atoms with van der Waals surface area (Å²) in [6, 6.07) is 5.03. The molecule has 0 aliphatic rings. The largest absolute Gasteiger partial charge is 0.399 e. The number of nitrogens with one attached hydrogen (secondary N) is 1. The number of benzene rings is 1. The Bertz CT molecular complexity index is 424. The lowest BCUT2D eigenvalue weighted by atomic mass is 10.2. The molecule has 0 saturated carbocycles. The molecule has 1 amide bonds. The van der Waals surface area contributed by atoms with Crippen molar-refractivity contribution in [2.24, 2.45) is 0 Å². The van der Waals surface area contributed by atoms with E-state index in [2.05, 4.69) is 12.2 Å². The van der Waals surface area contributed by atoms with Crippen LogP contribution in [0.4, 0.5) is 11.4 Å². The number of ether oxygens (including phenoxy) is 1. The van der Waals surface area contributed by atoms with Gasteiger partial charge in [0.25, 0.3) is 0 Å². The number of amides is 1. The Labute approximate surface area is 125 Å². The number of halogens is 1. The summed E-state index contributed by atoms with van der Waals surface area (Å²) in [5, 5.41) is 3.22. The number of carbonyl (C=O) groups is 1. The molecule has 0 heterocycles. The van der Waals surface area contributed by atoms with Crippen molar-refractivity contribution >= 4 is 28.9 Å². The van der Waals surface area contributed by atoms with Gasteiger partial charge in [0, 0.05) is 25.3 Å². The van der Waals surface area contributed by atoms with Crippen molar-refractivity contribution < 1.29 is 9.53 Å². The zero-order valence-corrected chi connectivity index (χ0v) is 12.7. The molecule has 1 aromatic carbocycles. The van der Waals surface area contributed by atoms with Crippen LogP contribution in [-0.2, 0) is 9.53 Å². The molecule has 0 aromatic heterocycles. The SMILES string of the molecule is CCCCCOCCCC(=O)Nc1ccc(N)cc1Cl. The molecule has 5 heteroatoms. The second-order valence-electron chi connectivity index (χ2n) is 4.71. The van der Waals surface area contributed by atoms with Gasteiger partial charge in [0.05, 0.1) is 10.7 Å². The Morgan fingerprint density at radius 3 is 2.75 bits per heavy atom. The summed E-state index contributed by atoms with van der Waals surface area (Å²) >= 11 is 5.99. The number of hydrogen-bond acceptors (Lipinski definition) is 3. The lowest BCUT2D eigenvalue weighted by Gasteiger charge is -2.08. The molecular formula is C15H23ClN2O2. The number of hydrogen-bond donors (Lipinski definition) is 2. The van der Waals surface area contributed by atoms with Gasteiger partial charge in [0.15, 0.2) is 0 Å². The Hall–Kier alpha value is -1.26. The van der Waals surface area contributed by atoms with Gasteiger partial charge in [-0.05, 0) is 31.0 Å². The molecule has 20 heavy (non-hydrogen) atoms. The maximum atomic E-state index is 11.7. The summed E-state index contributed by atoms with van der Waals surface area (Å²) in [7, 11) is 0. The number of anilines is 2. The van der Waals surface area contributed by atoms with E-state index in [1.54, 1.807) is 18.2 Å². The molecule has 112 valence electrons. The molecule has 0 unspecified atom stereocenters. The van der Waals surface area contributed by atoms with E-state index in [1.165, 1.54) is 12.8 Å². The van der Waals surface area contributed by atoms with Crippen LogP contribution in [0.25, 0.3) is 0 Å². The van der Waals surface area contributed by atoms with Crippen LogP contribution in [0.1, 0.15) is 39.0 Å². The Kier molecular flexibility index (Phi) is 8.07. The number of nitrogen functional groups attached to an aromatic ring is 1. The molecule has 0 fully saturated rings. The number of nitrogens with two attached hydrogens (primary N) is 1. The zero-order chi connectivity index (χ0) is 14.8. The van der Waals surface area contributed by atoms with Gasteiger partial charge in [-0.25, -0.2) is 0 Å². The van der Waals surface area contributed by atoms with Crippen LogP contribution in [0.15, 0.2) is 18.2 Å². The van der Waals surface area contributed by atoms with Crippen molar-refractivity contribution in [1.82, 2.24) is 0 Å². The van der Waals surface area contributed by atoms with Crippen molar-refractivity contribution in [2.75, 3.05) is 24.3 Å². The second-order valence-corrected chi connectivity index (χ2v) is 5.12. The van der Waals surface area contributed by atoms with Crippen LogP contribution >= 0.6 is 11.6 Å². The fourth-order valence-electron chi connectivity index (χ4n) is 1.74. The topological polar surface area (TPSA) is 64.3 Å². The second kappa shape index (κ2) is 9.61. The van der Waals surface area contributed by atoms with Crippen LogP contribution in [0.2, 0.25) is 5.02 Å². The summed E-state index contributed by atoms with van der Waals surface area (Å²) in [6.45, 7) is 3.55. The summed E-state index contributed by atoms with van der Waals surface area (Å²) < 4.78 is 5.45. The third-order valence-corrected chi connectivity index (χ3v) is 3.16. The van der Waals surface area contributed by atoms with E-state index in [9.17, 15) is 4.79 Å². The number of carbonyl (C=O) groups excluding carboxylic acids is 1. The molecule has 0 aliphatic heterocycles. The summed E-state index contributed by atoms with van der Waals surface area (Å²) in [6.07, 6.45) is 4.60. The van der Waals surface area contributed by atoms with Gasteiger partial charge in [-0.3, -0.25) is 4.79 Å². The van der Waals surface area contributed by atoms with E-state index in [0.29, 0.717) is 35.8 Å². The molecule has 1 rings (SSSR count). The standard InChI is InChI=1S/C15H23ClN2O2/c1-2-3-4-9-20-10-5-6-15(19)18-14-8-7-12(17)11-13(14)16/h7-8,11H,2-6,9-10,17H2,1H3,(H,18,19). The van der Waals surface area contributed by atoms with Crippen LogP contribution in [-0.4, -0.2) is 19.1 Å². The minimum Gasteiger partial charge on any atom is -0.399 e. The van der Waals surface area contributed by atoms with Crippen molar-refractivity contribution in [3.05, 3.63) is 23.2 Å². The predicted molar refractivity (Wildman–Crippen MR) is 84.1 cm³/mol. The highest BCUT2D eigenvalue weighted by atomic mass is 35.5. The van der Waals surface area contributed by atoms with Gasteiger partial charge in [0.2, 0.25) is 5.91 Å². The molecular weight excluding hydrogens is 276 g/mol. The first-order valence-electron chi connectivity index (χ1n) is 7.06. The van der Waals surface area contributed by atoms with Crippen molar-refractivity contribution in [3.63, 3.8) is 0 Å². The minimum absolute atomic E-state index is 0.0613. The summed E-state index contributed by atoms with van der Waals surface area (Å²) in [4.78, 5) is 11.7. The number of unbranched alkanes of at least 4 members (excludes halogenated alkanes) is 2. The van der Waals surface area contributed by atoms with Gasteiger partial charge >= 0.3 is 0 Å². The number of rotatable bonds is 9. The third kappa shape index (κ3) is 6.78. The molecule has 0 spiro atoms. The van der Waals surface area contributed by atoms with Gasteiger partial charge in [-0.15, -0.1) is 0 Å². The van der Waals surface area contributed by atoms with Gasteiger partial charge in [-0.1, -0.05) is 31.4 Å². The highest BCUT2D eigenvalue weighted by Crippen LogP contribution is 2.24. The fraction of sp³-hybridized carbons (Fsp3) is 0.533. The average molecular weight is 299 g/mol. The summed E-state index contributed by atoms with van der Waals surface area (Å²) in [5.74, 6) is -0.0613. The average Bonchev–Trinajstić information content (AvgIpc) is 2.41. The molecule has 4 nitrogen and oxygen atoms in total. The molecule has 3 N–H and O–H groups in total. The fourth-order valence-corrected chi connectivity index (χ4v) is 1.97. The van der Waals surface area contributed by atoms with E-state index in [-0.39, 0.29) is 5.91 Å². The van der Waals surface area contributed by atoms with E-state index in [1.807, 2.05) is 0 Å².